The molecule has 1 aliphatic rings. The molecule has 0 bridgehead atoms. The third-order valence-electron chi connectivity index (χ3n) is 4.56. The molecule has 1 N–H and O–H groups in total. The lowest BCUT2D eigenvalue weighted by atomic mass is 10.1. The minimum Gasteiger partial charge on any atom is -0.459 e. The number of rotatable bonds is 7. The van der Waals surface area contributed by atoms with E-state index < -0.39 is 0 Å². The zero-order valence-electron chi connectivity index (χ0n) is 13.8. The lowest BCUT2D eigenvalue weighted by Gasteiger charge is -2.34. The van der Waals surface area contributed by atoms with Crippen LogP contribution in [0.25, 0.3) is 11.0 Å². The Kier molecular flexibility index (Phi) is 5.67. The van der Waals surface area contributed by atoms with E-state index in [0.29, 0.717) is 13.2 Å². The predicted molar refractivity (Wildman–Crippen MR) is 90.6 cm³/mol. The first-order valence-electron chi connectivity index (χ1n) is 8.38. The number of fused-ring (bicyclic) bond motifs is 1. The second-order valence-electron chi connectivity index (χ2n) is 6.10. The van der Waals surface area contributed by atoms with Gasteiger partial charge in [-0.25, -0.2) is 0 Å². The molecule has 1 saturated heterocycles. The number of hydrogen-bond acceptors (Lipinski definition) is 5. The van der Waals surface area contributed by atoms with E-state index >= 15 is 0 Å². The number of piperazine rings is 1. The number of para-hydroxylation sites is 1. The summed E-state index contributed by atoms with van der Waals surface area (Å²) in [6.45, 7) is 9.43. The first kappa shape index (κ1) is 16.5. The molecule has 0 radical (unpaired) electrons. The first-order valence-corrected chi connectivity index (χ1v) is 8.38. The van der Waals surface area contributed by atoms with Gasteiger partial charge in [-0.05, 0) is 18.6 Å². The Morgan fingerprint density at radius 2 is 1.83 bits per heavy atom. The number of furan rings is 1. The van der Waals surface area contributed by atoms with E-state index in [-0.39, 0.29) is 6.61 Å². The van der Waals surface area contributed by atoms with Crippen molar-refractivity contribution in [2.45, 2.75) is 13.5 Å². The van der Waals surface area contributed by atoms with Gasteiger partial charge >= 0.3 is 0 Å². The zero-order valence-corrected chi connectivity index (χ0v) is 13.8. The topological polar surface area (TPSA) is 49.1 Å². The van der Waals surface area contributed by atoms with E-state index in [9.17, 15) is 0 Å². The first-order chi connectivity index (χ1) is 11.3. The van der Waals surface area contributed by atoms with Gasteiger partial charge in [0.2, 0.25) is 0 Å². The summed E-state index contributed by atoms with van der Waals surface area (Å²) in [6.07, 6.45) is 0. The van der Waals surface area contributed by atoms with E-state index in [0.717, 1.165) is 50.6 Å². The van der Waals surface area contributed by atoms with Crippen LogP contribution in [-0.4, -0.2) is 67.5 Å². The highest BCUT2D eigenvalue weighted by atomic mass is 16.5. The van der Waals surface area contributed by atoms with Crippen LogP contribution in [0, 0.1) is 6.92 Å². The molecule has 2 aromatic rings. The van der Waals surface area contributed by atoms with Crippen LogP contribution >= 0.6 is 0 Å². The summed E-state index contributed by atoms with van der Waals surface area (Å²) >= 11 is 0. The molecule has 0 amide bonds. The summed E-state index contributed by atoms with van der Waals surface area (Å²) in [5.74, 6) is 1.09. The summed E-state index contributed by atoms with van der Waals surface area (Å²) in [4.78, 5) is 4.87. The SMILES string of the molecule is Cc1c(CN2CCN(CCOCCO)CC2)oc2ccccc12. The number of aliphatic hydroxyl groups is 1. The van der Waals surface area contributed by atoms with Crippen LogP contribution in [0.4, 0.5) is 0 Å². The van der Waals surface area contributed by atoms with E-state index in [1.807, 2.05) is 12.1 Å². The van der Waals surface area contributed by atoms with Crippen LogP contribution in [0.1, 0.15) is 11.3 Å². The molecule has 0 atom stereocenters. The Hall–Kier alpha value is -1.40. The van der Waals surface area contributed by atoms with Crippen LogP contribution < -0.4 is 0 Å². The Morgan fingerprint density at radius 3 is 2.57 bits per heavy atom. The monoisotopic (exact) mass is 318 g/mol. The normalized spacial score (nSPS) is 17.1. The van der Waals surface area contributed by atoms with E-state index in [1.165, 1.54) is 10.9 Å². The maximum Gasteiger partial charge on any atom is 0.134 e. The van der Waals surface area contributed by atoms with Gasteiger partial charge in [0.15, 0.2) is 0 Å². The van der Waals surface area contributed by atoms with Gasteiger partial charge in [-0.15, -0.1) is 0 Å². The van der Waals surface area contributed by atoms with Gasteiger partial charge < -0.3 is 14.3 Å². The summed E-state index contributed by atoms with van der Waals surface area (Å²) in [7, 11) is 0. The molecular weight excluding hydrogens is 292 g/mol. The molecule has 0 saturated carbocycles. The average molecular weight is 318 g/mol. The maximum atomic E-state index is 8.70. The third kappa shape index (κ3) is 4.12. The quantitative estimate of drug-likeness (QED) is 0.790. The Morgan fingerprint density at radius 1 is 1.09 bits per heavy atom. The van der Waals surface area contributed by atoms with Crippen LogP contribution in [-0.2, 0) is 11.3 Å². The van der Waals surface area contributed by atoms with Crippen LogP contribution in [0.5, 0.6) is 0 Å². The number of ether oxygens (including phenoxy) is 1. The van der Waals surface area contributed by atoms with Gasteiger partial charge in [0, 0.05) is 38.1 Å². The number of benzene rings is 1. The van der Waals surface area contributed by atoms with Gasteiger partial charge in [-0.3, -0.25) is 9.80 Å². The molecule has 5 heteroatoms. The minimum atomic E-state index is 0.102. The fraction of sp³-hybridized carbons (Fsp3) is 0.556. The Bertz CT molecular complexity index is 618. The predicted octanol–water partition coefficient (Wildman–Crippen LogP) is 1.87. The second-order valence-corrected chi connectivity index (χ2v) is 6.10. The van der Waals surface area contributed by atoms with Crippen LogP contribution in [0.3, 0.4) is 0 Å². The van der Waals surface area contributed by atoms with Gasteiger partial charge in [0.1, 0.15) is 11.3 Å². The van der Waals surface area contributed by atoms with Crippen molar-refractivity contribution in [1.82, 2.24) is 9.80 Å². The molecule has 1 aromatic heterocycles. The maximum absolute atomic E-state index is 8.70. The van der Waals surface area contributed by atoms with Crippen molar-refractivity contribution in [2.75, 3.05) is 52.5 Å². The van der Waals surface area contributed by atoms with Crippen molar-refractivity contribution in [3.63, 3.8) is 0 Å². The molecule has 23 heavy (non-hydrogen) atoms. The smallest absolute Gasteiger partial charge is 0.134 e. The molecule has 2 heterocycles. The van der Waals surface area contributed by atoms with E-state index in [1.54, 1.807) is 0 Å². The second kappa shape index (κ2) is 7.93. The average Bonchev–Trinajstić information content (AvgIpc) is 2.90. The van der Waals surface area contributed by atoms with Crippen molar-refractivity contribution < 1.29 is 14.3 Å². The molecule has 1 aromatic carbocycles. The van der Waals surface area contributed by atoms with Gasteiger partial charge in [-0.2, -0.15) is 0 Å². The fourth-order valence-corrected chi connectivity index (χ4v) is 3.11. The molecular formula is C18H26N2O3. The van der Waals surface area contributed by atoms with Gasteiger partial charge in [0.05, 0.1) is 26.4 Å². The molecule has 3 rings (SSSR count). The van der Waals surface area contributed by atoms with Gasteiger partial charge in [-0.1, -0.05) is 18.2 Å². The van der Waals surface area contributed by atoms with E-state index in [2.05, 4.69) is 28.9 Å². The standard InChI is InChI=1S/C18H26N2O3/c1-15-16-4-2-3-5-17(16)23-18(15)14-20-8-6-19(7-9-20)10-12-22-13-11-21/h2-5,21H,6-14H2,1H3. The third-order valence-corrected chi connectivity index (χ3v) is 4.56. The highest BCUT2D eigenvalue weighted by Gasteiger charge is 2.19. The molecule has 126 valence electrons. The van der Waals surface area contributed by atoms with Crippen molar-refractivity contribution in [3.8, 4) is 0 Å². The Balaban J connectivity index is 1.49. The summed E-state index contributed by atoms with van der Waals surface area (Å²) in [6, 6.07) is 8.25. The van der Waals surface area contributed by atoms with Crippen molar-refractivity contribution in [3.05, 3.63) is 35.6 Å². The van der Waals surface area contributed by atoms with Crippen LogP contribution in [0.15, 0.2) is 28.7 Å². The summed E-state index contributed by atoms with van der Waals surface area (Å²) < 4.78 is 11.4. The lowest BCUT2D eigenvalue weighted by Crippen LogP contribution is -2.46. The molecule has 5 nitrogen and oxygen atoms in total. The molecule has 0 aliphatic carbocycles. The van der Waals surface area contributed by atoms with Crippen molar-refractivity contribution >= 4 is 11.0 Å². The fourth-order valence-electron chi connectivity index (χ4n) is 3.11. The zero-order chi connectivity index (χ0) is 16.1. The van der Waals surface area contributed by atoms with Gasteiger partial charge in [0.25, 0.3) is 0 Å². The van der Waals surface area contributed by atoms with Crippen LogP contribution in [0.2, 0.25) is 0 Å². The Labute approximate surface area is 137 Å². The molecule has 1 fully saturated rings. The number of hydrogen-bond donors (Lipinski definition) is 1. The molecule has 1 aliphatic heterocycles. The van der Waals surface area contributed by atoms with Crippen molar-refractivity contribution in [1.29, 1.82) is 0 Å². The minimum absolute atomic E-state index is 0.102. The molecule has 0 spiro atoms. The summed E-state index contributed by atoms with van der Waals surface area (Å²) in [5.41, 5.74) is 2.25. The summed E-state index contributed by atoms with van der Waals surface area (Å²) in [5, 5.41) is 9.92. The van der Waals surface area contributed by atoms with E-state index in [4.69, 9.17) is 14.3 Å². The highest BCUT2D eigenvalue weighted by Crippen LogP contribution is 2.26. The highest BCUT2D eigenvalue weighted by molar-refractivity contribution is 5.81. The lowest BCUT2D eigenvalue weighted by molar-refractivity contribution is 0.0553. The number of aliphatic hydroxyl groups excluding tert-OH is 1. The van der Waals surface area contributed by atoms with Crippen molar-refractivity contribution in [2.24, 2.45) is 0 Å². The largest absolute Gasteiger partial charge is 0.459 e. The number of aryl methyl sites for hydroxylation is 1. The molecule has 0 unspecified atom stereocenters. The number of nitrogens with zero attached hydrogens (tertiary/aromatic N) is 2.